The van der Waals surface area contributed by atoms with Crippen molar-refractivity contribution >= 4 is 10.8 Å². The van der Waals surface area contributed by atoms with Crippen molar-refractivity contribution in [2.24, 2.45) is 5.41 Å². The summed E-state index contributed by atoms with van der Waals surface area (Å²) in [7, 11) is -0.599. The molecule has 1 fully saturated rings. The van der Waals surface area contributed by atoms with Crippen LogP contribution < -0.4 is 0 Å². The minimum absolute atomic E-state index is 0.0544. The van der Waals surface area contributed by atoms with Crippen molar-refractivity contribution < 1.29 is 9.32 Å². The number of nitrogens with zero attached hydrogens (tertiary/aromatic N) is 1. The summed E-state index contributed by atoms with van der Waals surface area (Å²) in [5.74, 6) is 1.60. The van der Waals surface area contributed by atoms with Gasteiger partial charge in [-0.1, -0.05) is 13.8 Å². The van der Waals surface area contributed by atoms with Crippen molar-refractivity contribution in [3.05, 3.63) is 0 Å². The largest absolute Gasteiger partial charge is 0.396 e. The van der Waals surface area contributed by atoms with Gasteiger partial charge >= 0.3 is 0 Å². The highest BCUT2D eigenvalue weighted by Crippen LogP contribution is 2.27. The summed E-state index contributed by atoms with van der Waals surface area (Å²) in [5, 5.41) is 9.47. The Morgan fingerprint density at radius 3 is 2.20 bits per heavy atom. The maximum atomic E-state index is 11.2. The Kier molecular flexibility index (Phi) is 5.23. The standard InChI is InChI=1S/C11H23NO2S/c1-3-11(4-2,10-13)9-12-5-7-15(14)8-6-12/h13H,3-10H2,1-2H3. The summed E-state index contributed by atoms with van der Waals surface area (Å²) in [5.41, 5.74) is 0.0544. The Labute approximate surface area is 95.3 Å². The summed E-state index contributed by atoms with van der Waals surface area (Å²) < 4.78 is 11.2. The lowest BCUT2D eigenvalue weighted by Gasteiger charge is -2.37. The first-order valence-corrected chi connectivity index (χ1v) is 7.33. The summed E-state index contributed by atoms with van der Waals surface area (Å²) >= 11 is 0. The van der Waals surface area contributed by atoms with E-state index in [9.17, 15) is 9.32 Å². The van der Waals surface area contributed by atoms with Crippen molar-refractivity contribution in [1.82, 2.24) is 4.90 Å². The van der Waals surface area contributed by atoms with Gasteiger partial charge in [0.2, 0.25) is 0 Å². The third-order valence-electron chi connectivity index (χ3n) is 3.66. The lowest BCUT2D eigenvalue weighted by atomic mass is 9.82. The van der Waals surface area contributed by atoms with Crippen LogP contribution in [0.2, 0.25) is 0 Å². The van der Waals surface area contributed by atoms with Gasteiger partial charge in [0.1, 0.15) is 0 Å². The van der Waals surface area contributed by atoms with E-state index in [4.69, 9.17) is 0 Å². The van der Waals surface area contributed by atoms with Crippen LogP contribution in [-0.2, 0) is 10.8 Å². The van der Waals surface area contributed by atoms with E-state index in [1.165, 1.54) is 0 Å². The number of aliphatic hydroxyl groups excluding tert-OH is 1. The summed E-state index contributed by atoms with van der Waals surface area (Å²) in [6.45, 7) is 7.35. The molecule has 1 heterocycles. The normalized spacial score (nSPS) is 20.7. The smallest absolute Gasteiger partial charge is 0.0499 e. The predicted molar refractivity (Wildman–Crippen MR) is 64.4 cm³/mol. The van der Waals surface area contributed by atoms with E-state index in [2.05, 4.69) is 18.7 Å². The third kappa shape index (κ3) is 3.54. The van der Waals surface area contributed by atoms with Crippen molar-refractivity contribution in [1.29, 1.82) is 0 Å². The van der Waals surface area contributed by atoms with Crippen LogP contribution in [0.25, 0.3) is 0 Å². The SMILES string of the molecule is CCC(CC)(CO)CN1CCS(=O)CC1. The van der Waals surface area contributed by atoms with Gasteiger partial charge < -0.3 is 10.0 Å². The van der Waals surface area contributed by atoms with Crippen molar-refractivity contribution in [3.8, 4) is 0 Å². The van der Waals surface area contributed by atoms with Crippen molar-refractivity contribution in [2.75, 3.05) is 37.7 Å². The zero-order valence-corrected chi connectivity index (χ0v) is 10.7. The fraction of sp³-hybridized carbons (Fsp3) is 1.00. The molecule has 0 aromatic rings. The third-order valence-corrected chi connectivity index (χ3v) is 4.94. The molecule has 15 heavy (non-hydrogen) atoms. The lowest BCUT2D eigenvalue weighted by molar-refractivity contribution is 0.0694. The van der Waals surface area contributed by atoms with Crippen LogP contribution in [0.5, 0.6) is 0 Å². The molecule has 1 saturated heterocycles. The Morgan fingerprint density at radius 2 is 1.80 bits per heavy atom. The molecule has 0 bridgehead atoms. The molecule has 0 aliphatic carbocycles. The van der Waals surface area contributed by atoms with Gasteiger partial charge in [-0.05, 0) is 12.8 Å². The first-order chi connectivity index (χ1) is 7.15. The number of hydrogen-bond acceptors (Lipinski definition) is 3. The van der Waals surface area contributed by atoms with Crippen LogP contribution in [-0.4, -0.2) is 52.0 Å². The maximum Gasteiger partial charge on any atom is 0.0499 e. The molecule has 0 spiro atoms. The average molecular weight is 233 g/mol. The zero-order valence-electron chi connectivity index (χ0n) is 9.87. The van der Waals surface area contributed by atoms with Gasteiger partial charge in [-0.2, -0.15) is 0 Å². The van der Waals surface area contributed by atoms with E-state index < -0.39 is 10.8 Å². The van der Waals surface area contributed by atoms with Gasteiger partial charge in [-0.15, -0.1) is 0 Å². The highest BCUT2D eigenvalue weighted by atomic mass is 32.2. The Balaban J connectivity index is 2.48. The highest BCUT2D eigenvalue weighted by molar-refractivity contribution is 7.85. The van der Waals surface area contributed by atoms with Crippen LogP contribution in [0, 0.1) is 5.41 Å². The first kappa shape index (κ1) is 13.1. The van der Waals surface area contributed by atoms with Crippen LogP contribution in [0.1, 0.15) is 26.7 Å². The van der Waals surface area contributed by atoms with Crippen LogP contribution in [0.3, 0.4) is 0 Å². The fourth-order valence-electron chi connectivity index (χ4n) is 2.06. The second-order valence-corrected chi connectivity index (χ2v) is 6.19. The van der Waals surface area contributed by atoms with Gasteiger partial charge in [-0.3, -0.25) is 4.21 Å². The molecule has 0 saturated carbocycles. The Bertz CT molecular complexity index is 198. The van der Waals surface area contributed by atoms with Crippen LogP contribution in [0.15, 0.2) is 0 Å². The minimum Gasteiger partial charge on any atom is -0.396 e. The van der Waals surface area contributed by atoms with Crippen molar-refractivity contribution in [2.45, 2.75) is 26.7 Å². The Hall–Kier alpha value is 0.0700. The highest BCUT2D eigenvalue weighted by Gasteiger charge is 2.29. The van der Waals surface area contributed by atoms with E-state index >= 15 is 0 Å². The monoisotopic (exact) mass is 233 g/mol. The predicted octanol–water partition coefficient (Wildman–Crippen LogP) is 0.849. The molecule has 1 rings (SSSR count). The molecule has 3 nitrogen and oxygen atoms in total. The molecule has 1 aliphatic rings. The van der Waals surface area contributed by atoms with Gasteiger partial charge in [0.25, 0.3) is 0 Å². The molecule has 90 valence electrons. The topological polar surface area (TPSA) is 40.5 Å². The second kappa shape index (κ2) is 5.97. The van der Waals surface area contributed by atoms with E-state index in [0.717, 1.165) is 44.0 Å². The molecular formula is C11H23NO2S. The molecule has 0 radical (unpaired) electrons. The summed E-state index contributed by atoms with van der Waals surface area (Å²) in [6, 6.07) is 0. The first-order valence-electron chi connectivity index (χ1n) is 5.84. The molecule has 0 aromatic carbocycles. The van der Waals surface area contributed by atoms with E-state index in [1.807, 2.05) is 0 Å². The maximum absolute atomic E-state index is 11.2. The molecule has 1 aliphatic heterocycles. The van der Waals surface area contributed by atoms with Crippen LogP contribution in [0.4, 0.5) is 0 Å². The fourth-order valence-corrected chi connectivity index (χ4v) is 3.18. The lowest BCUT2D eigenvalue weighted by Crippen LogP contribution is -2.45. The molecule has 4 heteroatoms. The molecule has 0 unspecified atom stereocenters. The van der Waals surface area contributed by atoms with E-state index in [0.29, 0.717) is 0 Å². The molecule has 0 atom stereocenters. The Morgan fingerprint density at radius 1 is 1.27 bits per heavy atom. The second-order valence-electron chi connectivity index (χ2n) is 4.49. The van der Waals surface area contributed by atoms with Crippen LogP contribution >= 0.6 is 0 Å². The van der Waals surface area contributed by atoms with E-state index in [1.54, 1.807) is 0 Å². The zero-order chi connectivity index (χ0) is 11.3. The van der Waals surface area contributed by atoms with Gasteiger partial charge in [0.15, 0.2) is 0 Å². The van der Waals surface area contributed by atoms with Gasteiger partial charge in [0.05, 0.1) is 0 Å². The quantitative estimate of drug-likeness (QED) is 0.765. The summed E-state index contributed by atoms with van der Waals surface area (Å²) in [6.07, 6.45) is 2.03. The summed E-state index contributed by atoms with van der Waals surface area (Å²) in [4.78, 5) is 2.35. The average Bonchev–Trinajstić information content (AvgIpc) is 2.29. The molecule has 0 amide bonds. The van der Waals surface area contributed by atoms with E-state index in [-0.39, 0.29) is 12.0 Å². The number of aliphatic hydroxyl groups is 1. The number of rotatable bonds is 5. The van der Waals surface area contributed by atoms with Gasteiger partial charge in [-0.25, -0.2) is 0 Å². The molecular weight excluding hydrogens is 210 g/mol. The molecule has 0 aromatic heterocycles. The number of hydrogen-bond donors (Lipinski definition) is 1. The molecule has 1 N–H and O–H groups in total. The minimum atomic E-state index is -0.599. The van der Waals surface area contributed by atoms with Crippen molar-refractivity contribution in [3.63, 3.8) is 0 Å². The van der Waals surface area contributed by atoms with Gasteiger partial charge in [0, 0.05) is 54.0 Å².